The molecule has 0 N–H and O–H groups in total. The predicted molar refractivity (Wildman–Crippen MR) is 470 cm³/mol. The van der Waals surface area contributed by atoms with Crippen LogP contribution in [-0.4, -0.2) is 29.9 Å². The van der Waals surface area contributed by atoms with E-state index in [1.54, 1.807) is 0 Å². The quantitative estimate of drug-likeness (QED) is 0.119. The molecule has 17 aromatic carbocycles. The Morgan fingerprint density at radius 2 is 0.440 bits per heavy atom. The maximum absolute atomic E-state index is 6.86. The molecule has 0 amide bonds. The Kier molecular flexibility index (Phi) is 16.2. The van der Waals surface area contributed by atoms with Crippen molar-refractivity contribution in [2.24, 2.45) is 0 Å². The topological polar surface area (TPSA) is 104 Å². The molecule has 21 aromatic rings. The van der Waals surface area contributed by atoms with E-state index in [0.29, 0.717) is 34.9 Å². The van der Waals surface area contributed by atoms with Crippen molar-refractivity contribution in [1.29, 1.82) is 0 Å². The van der Waals surface area contributed by atoms with Gasteiger partial charge in [0.1, 0.15) is 22.3 Å². The second kappa shape index (κ2) is 27.8. The van der Waals surface area contributed by atoms with Crippen molar-refractivity contribution < 1.29 is 8.83 Å². The van der Waals surface area contributed by atoms with Crippen LogP contribution >= 0.6 is 0 Å². The van der Waals surface area contributed by atoms with E-state index < -0.39 is 10.8 Å². The first-order chi connectivity index (χ1) is 57.5. The second-order valence-electron chi connectivity index (χ2n) is 29.8. The number of hydrogen-bond donors (Lipinski definition) is 0. The number of benzene rings is 17. The molecule has 0 bridgehead atoms. The second-order valence-corrected chi connectivity index (χ2v) is 29.8. The minimum atomic E-state index is -0.490. The zero-order valence-corrected chi connectivity index (χ0v) is 62.8. The Hall–Kier alpha value is -15.4. The van der Waals surface area contributed by atoms with Gasteiger partial charge in [-0.25, -0.2) is 29.9 Å². The molecule has 4 heterocycles. The Morgan fingerprint density at radius 3 is 0.853 bits per heavy atom. The van der Waals surface area contributed by atoms with Gasteiger partial charge in [-0.15, -0.1) is 0 Å². The summed E-state index contributed by atoms with van der Waals surface area (Å²) in [5.74, 6) is 3.82. The van der Waals surface area contributed by atoms with Gasteiger partial charge in [0.25, 0.3) is 0 Å². The van der Waals surface area contributed by atoms with Gasteiger partial charge in [0, 0.05) is 54.9 Å². The lowest BCUT2D eigenvalue weighted by Gasteiger charge is -2.33. The van der Waals surface area contributed by atoms with Crippen molar-refractivity contribution in [3.05, 3.63) is 457 Å². The zero-order valence-electron chi connectivity index (χ0n) is 62.8. The monoisotopic (exact) mass is 1480 g/mol. The average molecular weight is 1480 g/mol. The number of fused-ring (bicyclic) bond motifs is 13. The molecule has 116 heavy (non-hydrogen) atoms. The summed E-state index contributed by atoms with van der Waals surface area (Å²) < 4.78 is 13.6. The van der Waals surface area contributed by atoms with Gasteiger partial charge in [0.15, 0.2) is 34.9 Å². The van der Waals surface area contributed by atoms with E-state index in [4.69, 9.17) is 38.7 Å². The molecule has 0 unspecified atom stereocenters. The highest BCUT2D eigenvalue weighted by Crippen LogP contribution is 2.59. The van der Waals surface area contributed by atoms with Gasteiger partial charge in [0.2, 0.25) is 0 Å². The molecular weight excluding hydrogens is 1410 g/mol. The molecule has 0 saturated carbocycles. The van der Waals surface area contributed by atoms with Crippen LogP contribution in [0, 0.1) is 0 Å². The maximum Gasteiger partial charge on any atom is 0.164 e. The lowest BCUT2D eigenvalue weighted by atomic mass is 9.67. The molecule has 8 nitrogen and oxygen atoms in total. The molecule has 0 saturated heterocycles. The summed E-state index contributed by atoms with van der Waals surface area (Å²) in [6.07, 6.45) is 0. The molecule has 542 valence electrons. The van der Waals surface area contributed by atoms with Crippen molar-refractivity contribution in [1.82, 2.24) is 29.9 Å². The Balaban J connectivity index is 0.000000141. The van der Waals surface area contributed by atoms with E-state index in [2.05, 4.69) is 291 Å². The van der Waals surface area contributed by atoms with Crippen molar-refractivity contribution >= 4 is 54.6 Å². The van der Waals surface area contributed by atoms with Gasteiger partial charge in [-0.05, 0) is 148 Å². The lowest BCUT2D eigenvalue weighted by molar-refractivity contribution is 0.665. The lowest BCUT2D eigenvalue weighted by Crippen LogP contribution is -2.28. The van der Waals surface area contributed by atoms with E-state index in [1.165, 1.54) is 66.8 Å². The Morgan fingerprint density at radius 1 is 0.155 bits per heavy atom. The number of rotatable bonds is 12. The highest BCUT2D eigenvalue weighted by atomic mass is 16.3. The third-order valence-electron chi connectivity index (χ3n) is 23.5. The third-order valence-corrected chi connectivity index (χ3v) is 23.5. The largest absolute Gasteiger partial charge is 0.456 e. The minimum absolute atomic E-state index is 0.483. The summed E-state index contributed by atoms with van der Waals surface area (Å²) in [6, 6.07) is 145. The van der Waals surface area contributed by atoms with E-state index in [9.17, 15) is 0 Å². The first-order valence-corrected chi connectivity index (χ1v) is 39.3. The average Bonchev–Trinajstić information content (AvgIpc) is 1.53. The van der Waals surface area contributed by atoms with Gasteiger partial charge >= 0.3 is 0 Å². The van der Waals surface area contributed by atoms with Gasteiger partial charge < -0.3 is 8.83 Å². The fourth-order valence-corrected chi connectivity index (χ4v) is 18.2. The summed E-state index contributed by atoms with van der Waals surface area (Å²) in [5, 5.41) is 6.55. The number of furan rings is 2. The number of nitrogens with zero attached hydrogens (tertiary/aromatic N) is 6. The summed E-state index contributed by atoms with van der Waals surface area (Å²) in [4.78, 5) is 29.9. The van der Waals surface area contributed by atoms with E-state index in [-0.39, 0.29) is 0 Å². The van der Waals surface area contributed by atoms with Crippen LogP contribution in [-0.2, 0) is 10.8 Å². The smallest absolute Gasteiger partial charge is 0.164 e. The number of hydrogen-bond acceptors (Lipinski definition) is 8. The first-order valence-electron chi connectivity index (χ1n) is 39.3. The van der Waals surface area contributed by atoms with Gasteiger partial charge in [-0.2, -0.15) is 0 Å². The molecule has 8 heteroatoms. The SMILES string of the molecule is c1ccc(-c2nc(-c3ccccc3)nc(-c3ccc(-c4ccc5c(c4)oc4cc(C6(c7ccccc7)c7ccccc7-c7ccccc76)ccc45)c4ccccc34)n2)cc1.c1ccc(-c2nc(-c3ccccc3)nc(-c3cccc(-c4ccc5c(c4)oc4cc(C6(c7ccccc7)c7ccccc7-c7ccccc76)ccc45)c3)n2)cc1. The van der Waals surface area contributed by atoms with Crippen LogP contribution in [0.4, 0.5) is 0 Å². The van der Waals surface area contributed by atoms with Crippen LogP contribution in [0.1, 0.15) is 44.5 Å². The van der Waals surface area contributed by atoms with Crippen molar-refractivity contribution in [3.8, 4) is 113 Å². The van der Waals surface area contributed by atoms with Gasteiger partial charge in [-0.1, -0.05) is 364 Å². The van der Waals surface area contributed by atoms with Crippen molar-refractivity contribution in [2.45, 2.75) is 10.8 Å². The van der Waals surface area contributed by atoms with E-state index in [1.807, 2.05) is 121 Å². The van der Waals surface area contributed by atoms with E-state index >= 15 is 0 Å². The van der Waals surface area contributed by atoms with Gasteiger partial charge in [0.05, 0.1) is 10.8 Å². The summed E-state index contributed by atoms with van der Waals surface area (Å²) >= 11 is 0. The molecular formula is C108H68N6O2. The molecule has 0 aliphatic heterocycles. The van der Waals surface area contributed by atoms with Gasteiger partial charge in [-0.3, -0.25) is 0 Å². The summed E-state index contributed by atoms with van der Waals surface area (Å²) in [7, 11) is 0. The summed E-state index contributed by atoms with van der Waals surface area (Å²) in [6.45, 7) is 0. The first kappa shape index (κ1) is 67.5. The third kappa shape index (κ3) is 11.1. The molecule has 0 atom stereocenters. The van der Waals surface area contributed by atoms with Crippen LogP contribution in [0.15, 0.2) is 421 Å². The molecule has 4 aromatic heterocycles. The minimum Gasteiger partial charge on any atom is -0.456 e. The van der Waals surface area contributed by atoms with Crippen LogP contribution in [0.3, 0.4) is 0 Å². The van der Waals surface area contributed by atoms with Crippen LogP contribution in [0.2, 0.25) is 0 Å². The van der Waals surface area contributed by atoms with Crippen LogP contribution in [0.25, 0.3) is 167 Å². The normalized spacial score (nSPS) is 12.8. The standard InChI is InChI=1S/C56H35N3O.C52H33N3O/c1-4-16-36(17-5-1)53-57-54(37-18-6-2-7-19-37)59-55(58-53)48-33-32-41(42-22-10-11-23-43(42)48)38-28-30-46-47-31-29-40(35-52(47)60-51(46)34-38)56(39-20-8-3-9-21-39)49-26-14-12-24-44(49)45-25-13-15-27-50(45)56;1-4-15-34(16-5-1)49-53-50(35-17-6-2-7-18-35)55-51(54-49)38-20-14-19-36(31-38)37-27-29-43-44-30-28-40(33-48(44)56-47(43)32-37)52(39-21-8-3-9-22-39)45-25-12-10-23-41(45)42-24-11-13-26-46(42)52/h1-35H;1-33H. The molecule has 0 radical (unpaired) electrons. The van der Waals surface area contributed by atoms with Crippen LogP contribution < -0.4 is 0 Å². The van der Waals surface area contributed by atoms with Crippen molar-refractivity contribution in [2.75, 3.05) is 0 Å². The zero-order chi connectivity index (χ0) is 76.7. The molecule has 2 aliphatic carbocycles. The highest BCUT2D eigenvalue weighted by molar-refractivity contribution is 6.10. The Bertz CT molecular complexity index is 7180. The molecule has 2 aliphatic rings. The number of aromatic nitrogens is 6. The predicted octanol–water partition coefficient (Wildman–Crippen LogP) is 26.8. The molecule has 0 spiro atoms. The highest BCUT2D eigenvalue weighted by Gasteiger charge is 2.48. The maximum atomic E-state index is 6.86. The van der Waals surface area contributed by atoms with Crippen LogP contribution in [0.5, 0.6) is 0 Å². The fraction of sp³-hybridized carbons (Fsp3) is 0.0185. The Labute approximate surface area is 669 Å². The van der Waals surface area contributed by atoms with E-state index in [0.717, 1.165) is 110 Å². The molecule has 23 rings (SSSR count). The summed E-state index contributed by atoms with van der Waals surface area (Å²) in [5.41, 5.74) is 27.5. The fourth-order valence-electron chi connectivity index (χ4n) is 18.2. The van der Waals surface area contributed by atoms with Crippen molar-refractivity contribution in [3.63, 3.8) is 0 Å². The molecule has 0 fully saturated rings.